The molecule has 1 aliphatic rings. The van der Waals surface area contributed by atoms with Gasteiger partial charge in [0.1, 0.15) is 0 Å². The Morgan fingerprint density at radius 3 is 2.60 bits per heavy atom. The second kappa shape index (κ2) is 9.62. The van der Waals surface area contributed by atoms with Gasteiger partial charge in [-0.1, -0.05) is 65.3 Å². The Kier molecular flexibility index (Phi) is 7.81. The number of nitrogens with zero attached hydrogens (tertiary/aromatic N) is 2. The summed E-state index contributed by atoms with van der Waals surface area (Å²) in [6.45, 7) is 1.75. The smallest absolute Gasteiger partial charge is 0.182 e. The number of aliphatic imine (C=N–C) groups is 1. The molecule has 0 amide bonds. The summed E-state index contributed by atoms with van der Waals surface area (Å²) in [5.74, 6) is 0.964. The Hall–Kier alpha value is -1.01. The lowest BCUT2D eigenvalue weighted by Crippen LogP contribution is -2.30. The zero-order chi connectivity index (χ0) is 16.9. The summed E-state index contributed by atoms with van der Waals surface area (Å²) < 4.78 is 0. The standard InChI is InChI=1S/C18H16Cl2N2OS.BrH/c19-15-7-6-14(10-16(15)20)17(23)12-22-8-9-24-18(22)21-11-13-4-2-1-3-5-13;/h1-7,10H,8-9,11-12H2;1H. The molecule has 0 saturated carbocycles. The molecule has 1 fully saturated rings. The van der Waals surface area contributed by atoms with Crippen molar-refractivity contribution in [1.29, 1.82) is 0 Å². The molecule has 1 aliphatic heterocycles. The molecule has 25 heavy (non-hydrogen) atoms. The predicted octanol–water partition coefficient (Wildman–Crippen LogP) is 5.36. The van der Waals surface area contributed by atoms with Crippen molar-refractivity contribution in [3.63, 3.8) is 0 Å². The summed E-state index contributed by atoms with van der Waals surface area (Å²) in [5.41, 5.74) is 1.73. The van der Waals surface area contributed by atoms with Crippen LogP contribution in [0.25, 0.3) is 0 Å². The first-order valence-electron chi connectivity index (χ1n) is 7.58. The van der Waals surface area contributed by atoms with Gasteiger partial charge in [-0.05, 0) is 23.8 Å². The fourth-order valence-electron chi connectivity index (χ4n) is 2.40. The van der Waals surface area contributed by atoms with Gasteiger partial charge in [0.05, 0.1) is 23.1 Å². The van der Waals surface area contributed by atoms with Gasteiger partial charge in [0.25, 0.3) is 0 Å². The lowest BCUT2D eigenvalue weighted by Gasteiger charge is -2.17. The van der Waals surface area contributed by atoms with Crippen molar-refractivity contribution in [3.8, 4) is 0 Å². The van der Waals surface area contributed by atoms with Crippen molar-refractivity contribution < 1.29 is 4.79 Å². The fourth-order valence-corrected chi connectivity index (χ4v) is 3.69. The van der Waals surface area contributed by atoms with E-state index in [0.717, 1.165) is 23.0 Å². The van der Waals surface area contributed by atoms with Crippen LogP contribution in [0.1, 0.15) is 15.9 Å². The van der Waals surface area contributed by atoms with E-state index in [1.54, 1.807) is 30.0 Å². The van der Waals surface area contributed by atoms with Gasteiger partial charge in [0, 0.05) is 17.9 Å². The number of thioether (sulfide) groups is 1. The quantitative estimate of drug-likeness (QED) is 0.564. The van der Waals surface area contributed by atoms with Crippen molar-refractivity contribution in [3.05, 3.63) is 69.7 Å². The molecule has 0 bridgehead atoms. The van der Waals surface area contributed by atoms with Crippen molar-refractivity contribution in [1.82, 2.24) is 4.90 Å². The zero-order valence-corrected chi connectivity index (χ0v) is 17.4. The van der Waals surface area contributed by atoms with E-state index in [9.17, 15) is 4.79 Å². The maximum Gasteiger partial charge on any atom is 0.182 e. The lowest BCUT2D eigenvalue weighted by atomic mass is 10.1. The van der Waals surface area contributed by atoms with E-state index in [1.807, 2.05) is 23.1 Å². The molecule has 0 atom stereocenters. The zero-order valence-electron chi connectivity index (χ0n) is 13.3. The van der Waals surface area contributed by atoms with Crippen LogP contribution in [0.3, 0.4) is 0 Å². The highest BCUT2D eigenvalue weighted by Gasteiger charge is 2.22. The van der Waals surface area contributed by atoms with Gasteiger partial charge in [-0.15, -0.1) is 17.0 Å². The number of rotatable bonds is 5. The normalized spacial score (nSPS) is 15.3. The van der Waals surface area contributed by atoms with Gasteiger partial charge in [-0.25, -0.2) is 0 Å². The SMILES string of the molecule is Br.O=C(CN1CCSC1=NCc1ccccc1)c1ccc(Cl)c(Cl)c1. The molecule has 3 rings (SSSR count). The molecular formula is C18H17BrCl2N2OS. The number of benzene rings is 2. The predicted molar refractivity (Wildman–Crippen MR) is 113 cm³/mol. The van der Waals surface area contributed by atoms with E-state index in [-0.39, 0.29) is 22.8 Å². The Labute approximate surface area is 172 Å². The molecule has 2 aromatic rings. The van der Waals surface area contributed by atoms with E-state index in [4.69, 9.17) is 23.2 Å². The average Bonchev–Trinajstić information content (AvgIpc) is 3.03. The van der Waals surface area contributed by atoms with Crippen LogP contribution in [-0.4, -0.2) is 34.7 Å². The Morgan fingerprint density at radius 2 is 1.88 bits per heavy atom. The van der Waals surface area contributed by atoms with Gasteiger partial charge in [-0.2, -0.15) is 0 Å². The van der Waals surface area contributed by atoms with Crippen molar-refractivity contribution in [2.75, 3.05) is 18.8 Å². The van der Waals surface area contributed by atoms with E-state index in [0.29, 0.717) is 28.7 Å². The van der Waals surface area contributed by atoms with Crippen LogP contribution >= 0.6 is 51.9 Å². The van der Waals surface area contributed by atoms with Crippen LogP contribution in [0.2, 0.25) is 10.0 Å². The first-order chi connectivity index (χ1) is 11.6. The minimum absolute atomic E-state index is 0. The number of Topliss-reactive ketones (excluding diaryl/α,β-unsaturated/α-hetero) is 1. The van der Waals surface area contributed by atoms with Crippen LogP contribution in [0, 0.1) is 0 Å². The molecule has 1 heterocycles. The van der Waals surface area contributed by atoms with E-state index in [2.05, 4.69) is 17.1 Å². The van der Waals surface area contributed by atoms with Crippen molar-refractivity contribution in [2.24, 2.45) is 4.99 Å². The molecular weight excluding hydrogens is 443 g/mol. The summed E-state index contributed by atoms with van der Waals surface area (Å²) in [6.07, 6.45) is 0. The van der Waals surface area contributed by atoms with Crippen LogP contribution < -0.4 is 0 Å². The Balaban J connectivity index is 0.00000225. The summed E-state index contributed by atoms with van der Waals surface area (Å²) in [6, 6.07) is 15.1. The van der Waals surface area contributed by atoms with Gasteiger partial charge in [0.15, 0.2) is 11.0 Å². The number of hydrogen-bond acceptors (Lipinski definition) is 3. The van der Waals surface area contributed by atoms with Gasteiger partial charge in [-0.3, -0.25) is 9.79 Å². The molecule has 0 radical (unpaired) electrons. The number of ketones is 1. The molecule has 1 saturated heterocycles. The third-order valence-corrected chi connectivity index (χ3v) is 5.45. The van der Waals surface area contributed by atoms with Gasteiger partial charge >= 0.3 is 0 Å². The maximum atomic E-state index is 12.5. The number of carbonyl (C=O) groups excluding carboxylic acids is 1. The first-order valence-corrected chi connectivity index (χ1v) is 9.32. The summed E-state index contributed by atoms with van der Waals surface area (Å²) >= 11 is 13.6. The summed E-state index contributed by atoms with van der Waals surface area (Å²) in [4.78, 5) is 19.2. The van der Waals surface area contributed by atoms with Crippen LogP contribution in [0.4, 0.5) is 0 Å². The average molecular weight is 460 g/mol. The minimum Gasteiger partial charge on any atom is -0.343 e. The summed E-state index contributed by atoms with van der Waals surface area (Å²) in [5, 5.41) is 1.78. The number of amidine groups is 1. The monoisotopic (exact) mass is 458 g/mol. The van der Waals surface area contributed by atoms with E-state index < -0.39 is 0 Å². The van der Waals surface area contributed by atoms with Crippen LogP contribution in [0.5, 0.6) is 0 Å². The lowest BCUT2D eigenvalue weighted by molar-refractivity contribution is 0.0966. The van der Waals surface area contributed by atoms with Crippen LogP contribution in [-0.2, 0) is 6.54 Å². The molecule has 0 N–H and O–H groups in total. The first kappa shape index (κ1) is 20.3. The van der Waals surface area contributed by atoms with E-state index in [1.165, 1.54) is 0 Å². The largest absolute Gasteiger partial charge is 0.343 e. The van der Waals surface area contributed by atoms with Gasteiger partial charge < -0.3 is 4.90 Å². The molecule has 0 spiro atoms. The third-order valence-electron chi connectivity index (χ3n) is 3.68. The number of carbonyl (C=O) groups is 1. The maximum absolute atomic E-state index is 12.5. The van der Waals surface area contributed by atoms with Crippen molar-refractivity contribution >= 4 is 62.9 Å². The Bertz CT molecular complexity index is 771. The summed E-state index contributed by atoms with van der Waals surface area (Å²) in [7, 11) is 0. The minimum atomic E-state index is 0. The highest BCUT2D eigenvalue weighted by Crippen LogP contribution is 2.24. The molecule has 3 nitrogen and oxygen atoms in total. The molecule has 132 valence electrons. The second-order valence-electron chi connectivity index (χ2n) is 5.41. The molecule has 2 aromatic carbocycles. The number of halogens is 3. The van der Waals surface area contributed by atoms with E-state index >= 15 is 0 Å². The third kappa shape index (κ3) is 5.48. The molecule has 7 heteroatoms. The highest BCUT2D eigenvalue weighted by molar-refractivity contribution is 8.93. The van der Waals surface area contributed by atoms with Gasteiger partial charge in [0.2, 0.25) is 0 Å². The topological polar surface area (TPSA) is 32.7 Å². The fraction of sp³-hybridized carbons (Fsp3) is 0.222. The molecule has 0 unspecified atom stereocenters. The highest BCUT2D eigenvalue weighted by atomic mass is 79.9. The molecule has 0 aromatic heterocycles. The number of hydrogen-bond donors (Lipinski definition) is 0. The van der Waals surface area contributed by atoms with Crippen LogP contribution in [0.15, 0.2) is 53.5 Å². The van der Waals surface area contributed by atoms with Crippen molar-refractivity contribution in [2.45, 2.75) is 6.54 Å². The second-order valence-corrected chi connectivity index (χ2v) is 7.28. The Morgan fingerprint density at radius 1 is 1.12 bits per heavy atom. The molecule has 0 aliphatic carbocycles.